The molecule has 0 fully saturated rings. The fraction of sp³-hybridized carbons (Fsp3) is 0.100. The molecule has 0 atom stereocenters. The molecule has 0 aliphatic carbocycles. The van der Waals surface area contributed by atoms with Crippen LogP contribution in [0.5, 0.6) is 0 Å². The Bertz CT molecular complexity index is 554. The van der Waals surface area contributed by atoms with Crippen molar-refractivity contribution in [3.05, 3.63) is 51.9 Å². The van der Waals surface area contributed by atoms with E-state index in [-0.39, 0.29) is 24.0 Å². The van der Waals surface area contributed by atoms with Crippen molar-refractivity contribution in [2.24, 2.45) is 0 Å². The topological polar surface area (TPSA) is 99.8 Å². The summed E-state index contributed by atoms with van der Waals surface area (Å²) in [6, 6.07) is 9.48. The number of rotatable bonds is 2. The van der Waals surface area contributed by atoms with Gasteiger partial charge in [0.1, 0.15) is 5.69 Å². The predicted octanol–water partition coefficient (Wildman–Crippen LogP) is -0.0531. The van der Waals surface area contributed by atoms with Crippen molar-refractivity contribution >= 4 is 18.4 Å². The fourth-order valence-corrected chi connectivity index (χ4v) is 1.35. The van der Waals surface area contributed by atoms with Crippen LogP contribution >= 0.6 is 12.4 Å². The van der Waals surface area contributed by atoms with Crippen LogP contribution < -0.4 is 17.1 Å². The molecule has 1 aromatic carbocycles. The van der Waals surface area contributed by atoms with Gasteiger partial charge >= 0.3 is 0 Å². The lowest BCUT2D eigenvalue weighted by atomic mass is 10.1. The maximum absolute atomic E-state index is 11.6. The van der Waals surface area contributed by atoms with E-state index in [2.05, 4.69) is 10.2 Å². The molecule has 0 spiro atoms. The van der Waals surface area contributed by atoms with E-state index in [0.717, 1.165) is 10.2 Å². The Hall–Kier alpha value is -2.08. The van der Waals surface area contributed by atoms with Crippen LogP contribution in [-0.2, 0) is 6.42 Å². The van der Waals surface area contributed by atoms with Gasteiger partial charge in [0.2, 0.25) is 5.95 Å². The lowest BCUT2D eigenvalue weighted by molar-refractivity contribution is 0.793. The highest BCUT2D eigenvalue weighted by molar-refractivity contribution is 5.85. The maximum atomic E-state index is 11.6. The van der Waals surface area contributed by atoms with Crippen molar-refractivity contribution < 1.29 is 0 Å². The summed E-state index contributed by atoms with van der Waals surface area (Å²) >= 11 is 0. The van der Waals surface area contributed by atoms with Gasteiger partial charge in [0.15, 0.2) is 0 Å². The van der Waals surface area contributed by atoms with Crippen molar-refractivity contribution in [3.63, 3.8) is 0 Å². The van der Waals surface area contributed by atoms with Gasteiger partial charge in [-0.25, -0.2) is 0 Å². The lowest BCUT2D eigenvalue weighted by Gasteiger charge is -2.03. The number of nitrogens with zero attached hydrogens (tertiary/aromatic N) is 3. The number of benzene rings is 1. The minimum absolute atomic E-state index is 0. The third-order valence-corrected chi connectivity index (χ3v) is 2.20. The summed E-state index contributed by atoms with van der Waals surface area (Å²) in [6.45, 7) is 0. The normalized spacial score (nSPS) is 9.65. The van der Waals surface area contributed by atoms with Crippen LogP contribution in [0.3, 0.4) is 0 Å². The summed E-state index contributed by atoms with van der Waals surface area (Å²) in [5, 5.41) is 7.35. The molecule has 7 heteroatoms. The molecule has 0 saturated heterocycles. The zero-order valence-electron chi connectivity index (χ0n) is 8.91. The highest BCUT2D eigenvalue weighted by Crippen LogP contribution is 2.02. The van der Waals surface area contributed by atoms with E-state index in [9.17, 15) is 4.79 Å². The average molecular weight is 254 g/mol. The standard InChI is InChI=1S/C10H11N5O.ClH/c11-10-14-13-8(9(16)15(10)12)6-7-4-2-1-3-5-7;/h1-5H,6,12H2,(H2,11,14);1H. The van der Waals surface area contributed by atoms with Gasteiger partial charge in [0.05, 0.1) is 0 Å². The molecule has 1 heterocycles. The summed E-state index contributed by atoms with van der Waals surface area (Å²) in [5.41, 5.74) is 6.18. The molecule has 0 bridgehead atoms. The molecule has 6 nitrogen and oxygen atoms in total. The van der Waals surface area contributed by atoms with Gasteiger partial charge in [-0.3, -0.25) is 4.79 Å². The minimum Gasteiger partial charge on any atom is -0.366 e. The maximum Gasteiger partial charge on any atom is 0.295 e. The molecule has 0 saturated carbocycles. The molecule has 0 aliphatic rings. The number of nitrogens with two attached hydrogens (primary N) is 2. The highest BCUT2D eigenvalue weighted by Gasteiger charge is 2.08. The van der Waals surface area contributed by atoms with Gasteiger partial charge in [0, 0.05) is 6.42 Å². The number of anilines is 1. The first-order valence-electron chi connectivity index (χ1n) is 4.71. The third-order valence-electron chi connectivity index (χ3n) is 2.20. The van der Waals surface area contributed by atoms with E-state index < -0.39 is 5.56 Å². The SMILES string of the molecule is Cl.Nc1nnc(Cc2ccccc2)c(=O)n1N. The fourth-order valence-electron chi connectivity index (χ4n) is 1.35. The van der Waals surface area contributed by atoms with Crippen molar-refractivity contribution in [1.29, 1.82) is 0 Å². The molecule has 2 rings (SSSR count). The smallest absolute Gasteiger partial charge is 0.295 e. The quantitative estimate of drug-likeness (QED) is 0.731. The largest absolute Gasteiger partial charge is 0.366 e. The van der Waals surface area contributed by atoms with Gasteiger partial charge in [0.25, 0.3) is 5.56 Å². The third kappa shape index (κ3) is 2.73. The van der Waals surface area contributed by atoms with Crippen LogP contribution in [0.4, 0.5) is 5.95 Å². The molecule has 0 aliphatic heterocycles. The van der Waals surface area contributed by atoms with Crippen LogP contribution in [0.2, 0.25) is 0 Å². The van der Waals surface area contributed by atoms with Crippen LogP contribution in [0.1, 0.15) is 11.3 Å². The van der Waals surface area contributed by atoms with Crippen LogP contribution in [0, 0.1) is 0 Å². The van der Waals surface area contributed by atoms with Crippen molar-refractivity contribution in [2.45, 2.75) is 6.42 Å². The highest BCUT2D eigenvalue weighted by atomic mass is 35.5. The Labute approximate surface area is 104 Å². The van der Waals surface area contributed by atoms with Gasteiger partial charge in [-0.2, -0.15) is 4.68 Å². The minimum atomic E-state index is -0.420. The number of hydrogen-bond donors (Lipinski definition) is 2. The van der Waals surface area contributed by atoms with Crippen LogP contribution in [0.25, 0.3) is 0 Å². The first-order valence-corrected chi connectivity index (χ1v) is 4.71. The molecule has 0 unspecified atom stereocenters. The Morgan fingerprint density at radius 1 is 1.18 bits per heavy atom. The molecule has 2 aromatic rings. The van der Waals surface area contributed by atoms with E-state index in [4.69, 9.17) is 11.6 Å². The molecular formula is C10H12ClN5O. The zero-order valence-corrected chi connectivity index (χ0v) is 9.72. The molecule has 17 heavy (non-hydrogen) atoms. The second-order valence-electron chi connectivity index (χ2n) is 3.34. The van der Waals surface area contributed by atoms with E-state index in [1.165, 1.54) is 0 Å². The van der Waals surface area contributed by atoms with E-state index in [0.29, 0.717) is 6.42 Å². The van der Waals surface area contributed by atoms with E-state index in [1.807, 2.05) is 30.3 Å². The van der Waals surface area contributed by atoms with Crippen molar-refractivity contribution in [2.75, 3.05) is 11.6 Å². The molecular weight excluding hydrogens is 242 g/mol. The first kappa shape index (κ1) is 13.0. The van der Waals surface area contributed by atoms with Gasteiger partial charge in [-0.15, -0.1) is 22.6 Å². The second kappa shape index (κ2) is 5.31. The number of hydrogen-bond acceptors (Lipinski definition) is 5. The number of nitrogen functional groups attached to an aromatic ring is 2. The number of aromatic nitrogens is 3. The summed E-state index contributed by atoms with van der Waals surface area (Å²) in [5.74, 6) is 5.32. The second-order valence-corrected chi connectivity index (χ2v) is 3.34. The summed E-state index contributed by atoms with van der Waals surface area (Å²) in [6.07, 6.45) is 0.393. The summed E-state index contributed by atoms with van der Waals surface area (Å²) < 4.78 is 0.797. The molecule has 1 aromatic heterocycles. The van der Waals surface area contributed by atoms with Crippen LogP contribution in [-0.4, -0.2) is 14.9 Å². The molecule has 4 N–H and O–H groups in total. The van der Waals surface area contributed by atoms with Gasteiger partial charge in [-0.1, -0.05) is 30.3 Å². The van der Waals surface area contributed by atoms with Crippen LogP contribution in [0.15, 0.2) is 35.1 Å². The average Bonchev–Trinajstić information content (AvgIpc) is 2.31. The summed E-state index contributed by atoms with van der Waals surface area (Å²) in [7, 11) is 0. The van der Waals surface area contributed by atoms with Crippen molar-refractivity contribution in [1.82, 2.24) is 14.9 Å². The predicted molar refractivity (Wildman–Crippen MR) is 67.4 cm³/mol. The Kier molecular flexibility index (Phi) is 4.06. The van der Waals surface area contributed by atoms with E-state index >= 15 is 0 Å². The monoisotopic (exact) mass is 253 g/mol. The van der Waals surface area contributed by atoms with Gasteiger partial charge in [-0.05, 0) is 5.56 Å². The Balaban J connectivity index is 0.00000144. The molecule has 90 valence electrons. The van der Waals surface area contributed by atoms with E-state index in [1.54, 1.807) is 0 Å². The van der Waals surface area contributed by atoms with Gasteiger partial charge < -0.3 is 11.6 Å². The zero-order chi connectivity index (χ0) is 11.5. The molecule has 0 radical (unpaired) electrons. The summed E-state index contributed by atoms with van der Waals surface area (Å²) in [4.78, 5) is 11.6. The van der Waals surface area contributed by atoms with Crippen molar-refractivity contribution in [3.8, 4) is 0 Å². The molecule has 0 amide bonds. The Morgan fingerprint density at radius 3 is 2.47 bits per heavy atom. The Morgan fingerprint density at radius 2 is 1.82 bits per heavy atom. The number of halogens is 1. The first-order chi connectivity index (χ1) is 7.68. The lowest BCUT2D eigenvalue weighted by Crippen LogP contribution is -2.34.